The minimum Gasteiger partial charge on any atom is -0.489 e. The summed E-state index contributed by atoms with van der Waals surface area (Å²) in [5.41, 5.74) is 1.63. The van der Waals surface area contributed by atoms with Crippen LogP contribution in [0.1, 0.15) is 85.7 Å². The van der Waals surface area contributed by atoms with Gasteiger partial charge in [0.25, 0.3) is 5.91 Å². The number of aromatic nitrogens is 3. The molecule has 0 unspecified atom stereocenters. The van der Waals surface area contributed by atoms with Gasteiger partial charge in [0.15, 0.2) is 17.4 Å². The number of nitrogens with zero attached hydrogens (tertiary/aromatic N) is 6. The van der Waals surface area contributed by atoms with Crippen LogP contribution in [0.4, 0.5) is 5.82 Å². The molecular formula is C43H60ClN7O7S. The highest BCUT2D eigenvalue weighted by molar-refractivity contribution is 7.90. The summed E-state index contributed by atoms with van der Waals surface area (Å²) in [4.78, 5) is 30.1. The molecule has 3 aromatic rings. The molecule has 1 saturated heterocycles. The van der Waals surface area contributed by atoms with E-state index < -0.39 is 26.8 Å². The Morgan fingerprint density at radius 2 is 1.93 bits per heavy atom. The number of rotatable bonds is 16. The topological polar surface area (TPSA) is 152 Å². The molecule has 14 nitrogen and oxygen atoms in total. The third-order valence-electron chi connectivity index (χ3n) is 13.0. The largest absolute Gasteiger partial charge is 0.489 e. The van der Waals surface area contributed by atoms with Gasteiger partial charge in [0, 0.05) is 84.0 Å². The fraction of sp³-hybridized carbons (Fsp3) is 0.628. The summed E-state index contributed by atoms with van der Waals surface area (Å²) in [5, 5.41) is 3.99. The molecule has 1 amide bonds. The van der Waals surface area contributed by atoms with E-state index in [4.69, 9.17) is 35.3 Å². The van der Waals surface area contributed by atoms with Crippen molar-refractivity contribution in [1.82, 2.24) is 29.6 Å². The van der Waals surface area contributed by atoms with Crippen LogP contribution >= 0.6 is 11.6 Å². The van der Waals surface area contributed by atoms with Gasteiger partial charge in [0.2, 0.25) is 15.9 Å². The van der Waals surface area contributed by atoms with Crippen molar-refractivity contribution in [2.75, 3.05) is 78.1 Å². The number of halogens is 1. The van der Waals surface area contributed by atoms with Gasteiger partial charge in [0.1, 0.15) is 11.3 Å². The average molecular weight is 855 g/mol. The number of benzene rings is 1. The molecule has 1 saturated carbocycles. The van der Waals surface area contributed by atoms with E-state index in [1.54, 1.807) is 19.1 Å². The number of carbonyl (C=O) groups is 1. The predicted octanol–water partition coefficient (Wildman–Crippen LogP) is 5.58. The number of carbonyl (C=O) groups excluding carboxylic acids is 1. The molecule has 7 rings (SSSR count). The third-order valence-corrected chi connectivity index (χ3v) is 15.0. The SMILES string of the molecule is CC/C=C/[C@](CN1CCN(Cc2noc(C)n2)CC1)(OC)[C@@H]1CC[C@H]1CN1C[C@@]2(CCCc3cc(Cl)ccc32)COc2ccc(C(=O)NS(=O)(=O)[C@@H](C)CCOC)nc21. The zero-order chi connectivity index (χ0) is 41.8. The smallest absolute Gasteiger partial charge is 0.283 e. The summed E-state index contributed by atoms with van der Waals surface area (Å²) < 4.78 is 52.1. The van der Waals surface area contributed by atoms with Crippen molar-refractivity contribution >= 4 is 33.3 Å². The summed E-state index contributed by atoms with van der Waals surface area (Å²) >= 11 is 6.52. The maximum atomic E-state index is 13.6. The molecule has 0 bridgehead atoms. The maximum Gasteiger partial charge on any atom is 0.283 e. The summed E-state index contributed by atoms with van der Waals surface area (Å²) in [6.07, 6.45) is 10.6. The maximum absolute atomic E-state index is 13.6. The van der Waals surface area contributed by atoms with E-state index in [-0.39, 0.29) is 36.0 Å². The first-order valence-corrected chi connectivity index (χ1v) is 23.0. The summed E-state index contributed by atoms with van der Waals surface area (Å²) in [7, 11) is -0.610. The van der Waals surface area contributed by atoms with Gasteiger partial charge in [-0.25, -0.2) is 18.1 Å². The van der Waals surface area contributed by atoms with Crippen LogP contribution in [0.3, 0.4) is 0 Å². The van der Waals surface area contributed by atoms with Crippen molar-refractivity contribution in [1.29, 1.82) is 0 Å². The number of sulfonamides is 1. The van der Waals surface area contributed by atoms with Crippen molar-refractivity contribution in [2.45, 2.75) is 88.5 Å². The zero-order valence-electron chi connectivity index (χ0n) is 35.1. The first-order chi connectivity index (χ1) is 28.4. The van der Waals surface area contributed by atoms with Gasteiger partial charge >= 0.3 is 0 Å². The van der Waals surface area contributed by atoms with Crippen molar-refractivity contribution in [3.63, 3.8) is 0 Å². The number of piperazine rings is 1. The number of pyridine rings is 1. The van der Waals surface area contributed by atoms with E-state index in [0.717, 1.165) is 76.3 Å². The molecule has 0 radical (unpaired) electrons. The van der Waals surface area contributed by atoms with Gasteiger partial charge in [-0.05, 0) is 99.1 Å². The molecule has 4 aliphatic rings. The summed E-state index contributed by atoms with van der Waals surface area (Å²) in [5.74, 6) is 2.12. The highest BCUT2D eigenvalue weighted by Gasteiger charge is 2.50. The molecule has 322 valence electrons. The molecule has 1 aromatic carbocycles. The van der Waals surface area contributed by atoms with Crippen LogP contribution in [-0.2, 0) is 37.9 Å². The first-order valence-electron chi connectivity index (χ1n) is 21.1. The Labute approximate surface area is 354 Å². The van der Waals surface area contributed by atoms with Crippen molar-refractivity contribution in [3.8, 4) is 5.75 Å². The number of fused-ring (bicyclic) bond motifs is 3. The molecule has 4 heterocycles. The van der Waals surface area contributed by atoms with Gasteiger partial charge in [-0.3, -0.25) is 14.6 Å². The van der Waals surface area contributed by atoms with Crippen LogP contribution < -0.4 is 14.4 Å². The first kappa shape index (κ1) is 43.5. The lowest BCUT2D eigenvalue weighted by atomic mass is 9.63. The van der Waals surface area contributed by atoms with E-state index in [1.807, 2.05) is 20.1 Å². The second kappa shape index (κ2) is 18.6. The van der Waals surface area contributed by atoms with E-state index >= 15 is 0 Å². The number of methoxy groups -OCH3 is 2. The van der Waals surface area contributed by atoms with Gasteiger partial charge in [-0.1, -0.05) is 41.9 Å². The van der Waals surface area contributed by atoms with Crippen LogP contribution in [0.15, 0.2) is 47.0 Å². The van der Waals surface area contributed by atoms with Crippen LogP contribution in [0.25, 0.3) is 0 Å². The second-order valence-electron chi connectivity index (χ2n) is 16.9. The number of amides is 1. The van der Waals surface area contributed by atoms with Crippen molar-refractivity contribution < 1.29 is 31.9 Å². The monoisotopic (exact) mass is 853 g/mol. The highest BCUT2D eigenvalue weighted by Crippen LogP contribution is 2.49. The van der Waals surface area contributed by atoms with Gasteiger partial charge < -0.3 is 23.6 Å². The van der Waals surface area contributed by atoms with E-state index in [2.05, 4.69) is 60.8 Å². The van der Waals surface area contributed by atoms with Crippen LogP contribution in [0.2, 0.25) is 5.02 Å². The summed E-state index contributed by atoms with van der Waals surface area (Å²) in [6.45, 7) is 12.6. The van der Waals surface area contributed by atoms with Crippen molar-refractivity contribution in [2.24, 2.45) is 11.8 Å². The zero-order valence-corrected chi connectivity index (χ0v) is 36.7. The van der Waals surface area contributed by atoms with Crippen LogP contribution in [-0.4, -0.2) is 123 Å². The molecule has 2 aliphatic heterocycles. The van der Waals surface area contributed by atoms with E-state index in [1.165, 1.54) is 18.2 Å². The Hall–Kier alpha value is -3.60. The Morgan fingerprint density at radius 3 is 2.63 bits per heavy atom. The predicted molar refractivity (Wildman–Crippen MR) is 226 cm³/mol. The number of hydrogen-bond acceptors (Lipinski definition) is 13. The molecule has 1 N–H and O–H groups in total. The normalized spacial score (nSPS) is 24.1. The highest BCUT2D eigenvalue weighted by atomic mass is 35.5. The second-order valence-corrected chi connectivity index (χ2v) is 19.4. The Bertz CT molecular complexity index is 2080. The average Bonchev–Trinajstić information content (AvgIpc) is 3.56. The molecule has 5 atom stereocenters. The van der Waals surface area contributed by atoms with Crippen LogP contribution in [0.5, 0.6) is 5.75 Å². The van der Waals surface area contributed by atoms with Gasteiger partial charge in [-0.15, -0.1) is 0 Å². The molecule has 59 heavy (non-hydrogen) atoms. The lowest BCUT2D eigenvalue weighted by Gasteiger charge is -2.52. The molecule has 2 aromatic heterocycles. The van der Waals surface area contributed by atoms with E-state index in [9.17, 15) is 13.2 Å². The van der Waals surface area contributed by atoms with Gasteiger partial charge in [-0.2, -0.15) is 4.98 Å². The van der Waals surface area contributed by atoms with Crippen molar-refractivity contribution in [3.05, 3.63) is 76.0 Å². The Morgan fingerprint density at radius 1 is 1.14 bits per heavy atom. The quantitative estimate of drug-likeness (QED) is 0.179. The number of hydrogen-bond donors (Lipinski definition) is 1. The lowest BCUT2D eigenvalue weighted by Crippen LogP contribution is -2.59. The minimum atomic E-state index is -3.97. The number of aryl methyl sites for hydroxylation is 2. The molecule has 2 aliphatic carbocycles. The molecule has 1 spiro atoms. The third kappa shape index (κ3) is 9.65. The standard InChI is InChI=1S/C43H60ClN7O7S/c1-6-7-18-43(56-5,28-50-21-19-49(20-22-50)26-39-45-31(3)58-47-39)36-12-10-33(36)25-51-27-42(17-8-9-32-24-34(44)11-13-35(32)42)29-57-38-15-14-37(46-40(38)51)41(52)48-59(53,54)30(2)16-23-55-4/h7,11,13-15,18,24,30,33,36H,6,8-10,12,16-17,19-23,25-29H2,1-5H3,(H,48,52)/b18-7+/t30-,33-,36+,42-,43+/m0/s1. The fourth-order valence-electron chi connectivity index (χ4n) is 9.50. The summed E-state index contributed by atoms with van der Waals surface area (Å²) in [6, 6.07) is 9.50. The molecule has 16 heteroatoms. The molecule has 2 fully saturated rings. The number of ether oxygens (including phenoxy) is 3. The number of allylic oxidation sites excluding steroid dienone is 1. The lowest BCUT2D eigenvalue weighted by molar-refractivity contribution is -0.0957. The molecular weight excluding hydrogens is 794 g/mol. The fourth-order valence-corrected chi connectivity index (χ4v) is 10.7. The van der Waals surface area contributed by atoms with E-state index in [0.29, 0.717) is 49.5 Å². The minimum absolute atomic E-state index is 0.0162. The Balaban J connectivity index is 1.16. The Kier molecular flexibility index (Phi) is 13.7. The number of nitrogens with one attached hydrogen (secondary N) is 1. The van der Waals surface area contributed by atoms with Crippen LogP contribution in [0, 0.1) is 18.8 Å². The van der Waals surface area contributed by atoms with Gasteiger partial charge in [0.05, 0.1) is 18.4 Å². The number of anilines is 1.